The average molecular weight is 515 g/mol. The average Bonchev–Trinajstić information content (AvgIpc) is 3.42. The van der Waals surface area contributed by atoms with Crippen LogP contribution in [0.15, 0.2) is 54.7 Å². The lowest BCUT2D eigenvalue weighted by atomic mass is 10.1. The zero-order valence-corrected chi connectivity index (χ0v) is 21.2. The maximum absolute atomic E-state index is 12.0. The van der Waals surface area contributed by atoms with Crippen molar-refractivity contribution in [2.24, 2.45) is 0 Å². The zero-order chi connectivity index (χ0) is 26.5. The van der Waals surface area contributed by atoms with Gasteiger partial charge in [-0.25, -0.2) is 9.97 Å². The van der Waals surface area contributed by atoms with Gasteiger partial charge in [0.05, 0.1) is 31.0 Å². The number of aliphatic hydroxyl groups is 1. The third kappa shape index (κ3) is 5.85. The summed E-state index contributed by atoms with van der Waals surface area (Å²) in [6.07, 6.45) is 1.04. The third-order valence-electron chi connectivity index (χ3n) is 6.66. The van der Waals surface area contributed by atoms with Gasteiger partial charge in [0.1, 0.15) is 24.0 Å². The number of hydrogen-bond acceptors (Lipinski definition) is 9. The highest BCUT2D eigenvalue weighted by Crippen LogP contribution is 2.28. The molecule has 0 aliphatic carbocycles. The summed E-state index contributed by atoms with van der Waals surface area (Å²) in [4.78, 5) is 24.9. The molecule has 2 fully saturated rings. The van der Waals surface area contributed by atoms with Crippen molar-refractivity contribution in [3.8, 4) is 23.1 Å². The van der Waals surface area contributed by atoms with Crippen LogP contribution in [0.5, 0.6) is 5.75 Å². The van der Waals surface area contributed by atoms with Crippen LogP contribution in [0.25, 0.3) is 11.3 Å². The van der Waals surface area contributed by atoms with E-state index < -0.39 is 6.10 Å². The van der Waals surface area contributed by atoms with E-state index in [-0.39, 0.29) is 12.0 Å². The molecule has 10 heteroatoms. The number of nitrogens with one attached hydrogen (secondary N) is 1. The van der Waals surface area contributed by atoms with Crippen LogP contribution in [0.2, 0.25) is 0 Å². The number of likely N-dealkylation sites (tertiary alicyclic amines) is 1. The van der Waals surface area contributed by atoms with E-state index in [9.17, 15) is 15.2 Å². The van der Waals surface area contributed by atoms with E-state index in [1.54, 1.807) is 29.3 Å². The number of amides is 1. The second kappa shape index (κ2) is 11.5. The first-order chi connectivity index (χ1) is 18.5. The number of nitriles is 1. The maximum Gasteiger partial charge on any atom is 0.251 e. The Morgan fingerprint density at radius 1 is 1.18 bits per heavy atom. The van der Waals surface area contributed by atoms with Gasteiger partial charge >= 0.3 is 0 Å². The predicted octanol–water partition coefficient (Wildman–Crippen LogP) is 2.96. The number of rotatable bonds is 7. The lowest BCUT2D eigenvalue weighted by Crippen LogP contribution is -2.37. The molecular formula is C28H30N6O4. The van der Waals surface area contributed by atoms with E-state index in [0.717, 1.165) is 43.2 Å². The van der Waals surface area contributed by atoms with E-state index in [0.29, 0.717) is 42.5 Å². The molecule has 2 atom stereocenters. The summed E-state index contributed by atoms with van der Waals surface area (Å²) in [5.74, 6) is 0.600. The van der Waals surface area contributed by atoms with E-state index >= 15 is 0 Å². The number of hydrogen-bond donors (Lipinski definition) is 2. The van der Waals surface area contributed by atoms with Crippen LogP contribution in [0, 0.1) is 11.3 Å². The summed E-state index contributed by atoms with van der Waals surface area (Å²) in [5, 5.41) is 22.6. The van der Waals surface area contributed by atoms with Crippen LogP contribution >= 0.6 is 0 Å². The first-order valence-electron chi connectivity index (χ1n) is 12.7. The first kappa shape index (κ1) is 25.4. The van der Waals surface area contributed by atoms with E-state index in [1.165, 1.54) is 6.92 Å². The summed E-state index contributed by atoms with van der Waals surface area (Å²) in [6, 6.07) is 17.5. The molecule has 0 radical (unpaired) electrons. The molecule has 5 rings (SSSR count). The molecule has 0 bridgehead atoms. The molecule has 196 valence electrons. The second-order valence-electron chi connectivity index (χ2n) is 9.35. The van der Waals surface area contributed by atoms with Crippen LogP contribution in [0.3, 0.4) is 0 Å². The van der Waals surface area contributed by atoms with Gasteiger partial charge in [-0.05, 0) is 55.5 Å². The van der Waals surface area contributed by atoms with Gasteiger partial charge < -0.3 is 29.7 Å². The van der Waals surface area contributed by atoms with Crippen LogP contribution < -0.4 is 15.0 Å². The molecule has 0 saturated carbocycles. The standard InChI is InChI=1S/C28H30N6O4/c1-19(35)27(36)34-11-9-24(18-34)38-26-7-2-20(16-21(26)17-29)25-8-10-30-28(32-25)31-22-3-5-23(6-4-22)33-12-14-37-15-13-33/h2-8,10,16,19,24,35H,9,11-15,18H2,1H3,(H,30,31,32)/t19-,24?/m1/s1. The van der Waals surface area contributed by atoms with Crippen LogP contribution in [-0.2, 0) is 9.53 Å². The van der Waals surface area contributed by atoms with Gasteiger partial charge in [0.15, 0.2) is 0 Å². The Balaban J connectivity index is 1.26. The summed E-state index contributed by atoms with van der Waals surface area (Å²) < 4.78 is 11.5. The molecule has 1 aromatic heterocycles. The van der Waals surface area contributed by atoms with Gasteiger partial charge in [0.2, 0.25) is 5.95 Å². The quantitative estimate of drug-likeness (QED) is 0.490. The normalized spacial score (nSPS) is 18.1. The van der Waals surface area contributed by atoms with E-state index in [4.69, 9.17) is 9.47 Å². The fraction of sp³-hybridized carbons (Fsp3) is 0.357. The number of ether oxygens (including phenoxy) is 2. The number of carbonyl (C=O) groups is 1. The molecule has 2 aliphatic heterocycles. The number of nitrogens with zero attached hydrogens (tertiary/aromatic N) is 5. The molecule has 1 amide bonds. The fourth-order valence-electron chi connectivity index (χ4n) is 4.63. The Labute approximate surface area is 221 Å². The predicted molar refractivity (Wildman–Crippen MR) is 142 cm³/mol. The highest BCUT2D eigenvalue weighted by atomic mass is 16.5. The molecule has 2 aliphatic rings. The Hall–Kier alpha value is -4.20. The molecule has 38 heavy (non-hydrogen) atoms. The number of morpholine rings is 1. The molecule has 2 N–H and O–H groups in total. The number of benzene rings is 2. The Kier molecular flexibility index (Phi) is 7.67. The van der Waals surface area contributed by atoms with E-state index in [1.807, 2.05) is 18.2 Å². The largest absolute Gasteiger partial charge is 0.487 e. The number of aliphatic hydroxyl groups excluding tert-OH is 1. The fourth-order valence-corrected chi connectivity index (χ4v) is 4.63. The third-order valence-corrected chi connectivity index (χ3v) is 6.66. The summed E-state index contributed by atoms with van der Waals surface area (Å²) in [5.41, 5.74) is 3.85. The van der Waals surface area contributed by atoms with Gasteiger partial charge in [-0.2, -0.15) is 5.26 Å². The summed E-state index contributed by atoms with van der Waals surface area (Å²) >= 11 is 0. The van der Waals surface area contributed by atoms with Gasteiger partial charge in [-0.1, -0.05) is 0 Å². The molecular weight excluding hydrogens is 484 g/mol. The minimum absolute atomic E-state index is 0.236. The molecule has 0 spiro atoms. The lowest BCUT2D eigenvalue weighted by Gasteiger charge is -2.28. The first-order valence-corrected chi connectivity index (χ1v) is 12.7. The van der Waals surface area contributed by atoms with Crippen molar-refractivity contribution in [3.05, 3.63) is 60.3 Å². The molecule has 2 aromatic carbocycles. The smallest absolute Gasteiger partial charge is 0.251 e. The Morgan fingerprint density at radius 3 is 2.71 bits per heavy atom. The van der Waals surface area contributed by atoms with Crippen LogP contribution in [-0.4, -0.2) is 77.5 Å². The Morgan fingerprint density at radius 2 is 1.97 bits per heavy atom. The number of aromatic nitrogens is 2. The van der Waals surface area contributed by atoms with Crippen molar-refractivity contribution in [1.82, 2.24) is 14.9 Å². The lowest BCUT2D eigenvalue weighted by molar-refractivity contribution is -0.138. The Bertz CT molecular complexity index is 1320. The molecule has 10 nitrogen and oxygen atoms in total. The van der Waals surface area contributed by atoms with Gasteiger partial charge in [0, 0.05) is 49.2 Å². The number of carbonyl (C=O) groups excluding carboxylic acids is 1. The minimum atomic E-state index is -1.04. The second-order valence-corrected chi connectivity index (χ2v) is 9.35. The zero-order valence-electron chi connectivity index (χ0n) is 21.2. The molecule has 1 unspecified atom stereocenters. The molecule has 3 aromatic rings. The summed E-state index contributed by atoms with van der Waals surface area (Å²) in [6.45, 7) is 5.60. The minimum Gasteiger partial charge on any atom is -0.487 e. The van der Waals surface area contributed by atoms with Gasteiger partial charge in [-0.15, -0.1) is 0 Å². The van der Waals surface area contributed by atoms with Gasteiger partial charge in [0.25, 0.3) is 5.91 Å². The van der Waals surface area contributed by atoms with Crippen LogP contribution in [0.4, 0.5) is 17.3 Å². The van der Waals surface area contributed by atoms with E-state index in [2.05, 4.69) is 38.4 Å². The molecule has 2 saturated heterocycles. The summed E-state index contributed by atoms with van der Waals surface area (Å²) in [7, 11) is 0. The van der Waals surface area contributed by atoms with Crippen molar-refractivity contribution in [3.63, 3.8) is 0 Å². The molecule has 3 heterocycles. The monoisotopic (exact) mass is 514 g/mol. The highest BCUT2D eigenvalue weighted by molar-refractivity contribution is 5.80. The van der Waals surface area contributed by atoms with Gasteiger partial charge in [-0.3, -0.25) is 4.79 Å². The van der Waals surface area contributed by atoms with Crippen molar-refractivity contribution < 1.29 is 19.4 Å². The number of anilines is 3. The highest BCUT2D eigenvalue weighted by Gasteiger charge is 2.30. The van der Waals surface area contributed by atoms with Crippen molar-refractivity contribution >= 4 is 23.2 Å². The van der Waals surface area contributed by atoms with Crippen molar-refractivity contribution in [2.75, 3.05) is 49.6 Å². The SMILES string of the molecule is C[C@@H](O)C(=O)N1CCC(Oc2ccc(-c3ccnc(Nc4ccc(N5CCOCC5)cc4)n3)cc2C#N)C1. The van der Waals surface area contributed by atoms with Crippen LogP contribution in [0.1, 0.15) is 18.9 Å². The maximum atomic E-state index is 12.0. The van der Waals surface area contributed by atoms with Crippen molar-refractivity contribution in [1.29, 1.82) is 5.26 Å². The topological polar surface area (TPSA) is 124 Å². The van der Waals surface area contributed by atoms with Crippen molar-refractivity contribution in [2.45, 2.75) is 25.6 Å².